The Morgan fingerprint density at radius 2 is 2.33 bits per heavy atom. The largest absolute Gasteiger partial charge is 0.478 e. The smallest absolute Gasteiger partial charge is 0.213 e. The van der Waals surface area contributed by atoms with Crippen LogP contribution in [0, 0.1) is 12.8 Å². The Bertz CT molecular complexity index is 336. The van der Waals surface area contributed by atoms with Gasteiger partial charge in [0.1, 0.15) is 0 Å². The predicted octanol–water partition coefficient (Wildman–Crippen LogP) is 3.72. The van der Waals surface area contributed by atoms with Crippen molar-refractivity contribution >= 4 is 15.9 Å². The normalized spacial score (nSPS) is 16.1. The number of ether oxygens (including phenoxy) is 1. The van der Waals surface area contributed by atoms with E-state index in [1.165, 1.54) is 31.2 Å². The Hall–Kier alpha value is -0.570. The average molecular weight is 270 g/mol. The second-order valence-corrected chi connectivity index (χ2v) is 5.06. The number of aromatic nitrogens is 1. The molecular weight excluding hydrogens is 254 g/mol. The maximum atomic E-state index is 5.62. The second-order valence-electron chi connectivity index (χ2n) is 4.21. The Morgan fingerprint density at radius 3 is 2.93 bits per heavy atom. The minimum absolute atomic E-state index is 0.745. The first-order valence-corrected chi connectivity index (χ1v) is 6.30. The SMILES string of the molecule is Cc1cc(OCCC2CCC2)ncc1Br. The summed E-state index contributed by atoms with van der Waals surface area (Å²) in [5.74, 6) is 1.65. The highest BCUT2D eigenvalue weighted by Crippen LogP contribution is 2.29. The van der Waals surface area contributed by atoms with Crippen molar-refractivity contribution in [1.29, 1.82) is 0 Å². The van der Waals surface area contributed by atoms with Crippen molar-refractivity contribution in [3.63, 3.8) is 0 Å². The number of pyridine rings is 1. The molecule has 1 heterocycles. The van der Waals surface area contributed by atoms with Crippen molar-refractivity contribution in [1.82, 2.24) is 4.98 Å². The summed E-state index contributed by atoms with van der Waals surface area (Å²) in [4.78, 5) is 4.21. The van der Waals surface area contributed by atoms with Gasteiger partial charge in [0.05, 0.1) is 6.61 Å². The molecule has 15 heavy (non-hydrogen) atoms. The third-order valence-electron chi connectivity index (χ3n) is 3.02. The molecule has 0 unspecified atom stereocenters. The van der Waals surface area contributed by atoms with E-state index in [1.807, 2.05) is 13.0 Å². The van der Waals surface area contributed by atoms with Gasteiger partial charge in [0.25, 0.3) is 0 Å². The zero-order chi connectivity index (χ0) is 10.7. The summed E-state index contributed by atoms with van der Waals surface area (Å²) in [6.07, 6.45) is 7.15. The summed E-state index contributed by atoms with van der Waals surface area (Å²) in [7, 11) is 0. The summed E-state index contributed by atoms with van der Waals surface area (Å²) in [6.45, 7) is 2.85. The van der Waals surface area contributed by atoms with Crippen LogP contribution in [0.4, 0.5) is 0 Å². The fourth-order valence-electron chi connectivity index (χ4n) is 1.70. The average Bonchev–Trinajstić information content (AvgIpc) is 2.15. The molecular formula is C12H16BrNO. The zero-order valence-electron chi connectivity index (χ0n) is 9.00. The van der Waals surface area contributed by atoms with Crippen molar-refractivity contribution in [2.75, 3.05) is 6.61 Å². The van der Waals surface area contributed by atoms with Gasteiger partial charge in [-0.3, -0.25) is 0 Å². The number of rotatable bonds is 4. The quantitative estimate of drug-likeness (QED) is 0.831. The molecule has 0 spiro atoms. The predicted molar refractivity (Wildman–Crippen MR) is 64.1 cm³/mol. The van der Waals surface area contributed by atoms with Crippen LogP contribution in [0.25, 0.3) is 0 Å². The molecule has 1 aromatic rings. The molecule has 1 aromatic heterocycles. The molecule has 0 atom stereocenters. The lowest BCUT2D eigenvalue weighted by molar-refractivity contribution is 0.217. The Morgan fingerprint density at radius 1 is 1.53 bits per heavy atom. The molecule has 0 aromatic carbocycles. The highest BCUT2D eigenvalue weighted by atomic mass is 79.9. The molecule has 82 valence electrons. The van der Waals surface area contributed by atoms with E-state index in [0.29, 0.717) is 0 Å². The van der Waals surface area contributed by atoms with Crippen molar-refractivity contribution in [3.05, 3.63) is 22.3 Å². The van der Waals surface area contributed by atoms with Gasteiger partial charge >= 0.3 is 0 Å². The lowest BCUT2D eigenvalue weighted by Crippen LogP contribution is -2.14. The molecule has 2 nitrogen and oxygen atoms in total. The van der Waals surface area contributed by atoms with Crippen molar-refractivity contribution < 1.29 is 4.74 Å². The maximum Gasteiger partial charge on any atom is 0.213 e. The van der Waals surface area contributed by atoms with Crippen LogP contribution in [0.15, 0.2) is 16.7 Å². The Balaban J connectivity index is 1.79. The monoisotopic (exact) mass is 269 g/mol. The van der Waals surface area contributed by atoms with E-state index in [9.17, 15) is 0 Å². The van der Waals surface area contributed by atoms with Gasteiger partial charge in [0, 0.05) is 16.7 Å². The van der Waals surface area contributed by atoms with Gasteiger partial charge in [0.2, 0.25) is 5.88 Å². The molecule has 0 N–H and O–H groups in total. The minimum Gasteiger partial charge on any atom is -0.478 e. The van der Waals surface area contributed by atoms with E-state index in [4.69, 9.17) is 4.74 Å². The van der Waals surface area contributed by atoms with E-state index in [1.54, 1.807) is 6.20 Å². The number of halogens is 1. The molecule has 0 aliphatic heterocycles. The molecule has 0 saturated heterocycles. The maximum absolute atomic E-state index is 5.62. The Kier molecular flexibility index (Phi) is 3.62. The van der Waals surface area contributed by atoms with Gasteiger partial charge in [-0.1, -0.05) is 19.3 Å². The highest BCUT2D eigenvalue weighted by molar-refractivity contribution is 9.10. The van der Waals surface area contributed by atoms with Crippen molar-refractivity contribution in [2.24, 2.45) is 5.92 Å². The number of aryl methyl sites for hydroxylation is 1. The first-order chi connectivity index (χ1) is 7.25. The van der Waals surface area contributed by atoms with Crippen LogP contribution in [0.5, 0.6) is 5.88 Å². The van der Waals surface area contributed by atoms with Gasteiger partial charge in [-0.05, 0) is 40.8 Å². The molecule has 1 fully saturated rings. The zero-order valence-corrected chi connectivity index (χ0v) is 10.6. The van der Waals surface area contributed by atoms with E-state index < -0.39 is 0 Å². The minimum atomic E-state index is 0.745. The molecule has 1 aliphatic rings. The van der Waals surface area contributed by atoms with Crippen LogP contribution in [0.2, 0.25) is 0 Å². The third kappa shape index (κ3) is 2.94. The fraction of sp³-hybridized carbons (Fsp3) is 0.583. The summed E-state index contributed by atoms with van der Waals surface area (Å²) in [5, 5.41) is 0. The third-order valence-corrected chi connectivity index (χ3v) is 3.85. The summed E-state index contributed by atoms with van der Waals surface area (Å²) >= 11 is 3.42. The topological polar surface area (TPSA) is 22.1 Å². The van der Waals surface area contributed by atoms with Gasteiger partial charge in [-0.25, -0.2) is 4.98 Å². The number of hydrogen-bond acceptors (Lipinski definition) is 2. The lowest BCUT2D eigenvalue weighted by atomic mass is 9.83. The molecule has 2 rings (SSSR count). The second kappa shape index (κ2) is 4.97. The molecule has 0 amide bonds. The van der Waals surface area contributed by atoms with Crippen LogP contribution in [-0.2, 0) is 0 Å². The highest BCUT2D eigenvalue weighted by Gasteiger charge is 2.16. The lowest BCUT2D eigenvalue weighted by Gasteiger charge is -2.24. The Labute approximate surface area is 99.2 Å². The molecule has 3 heteroatoms. The van der Waals surface area contributed by atoms with Crippen molar-refractivity contribution in [3.8, 4) is 5.88 Å². The standard InChI is InChI=1S/C12H16BrNO/c1-9-7-12(14-8-11(9)13)15-6-5-10-3-2-4-10/h7-8,10H,2-6H2,1H3. The van der Waals surface area contributed by atoms with Gasteiger partial charge < -0.3 is 4.74 Å². The first kappa shape index (κ1) is 10.9. The summed E-state index contributed by atoms with van der Waals surface area (Å²) < 4.78 is 6.65. The van der Waals surface area contributed by atoms with Crippen LogP contribution in [0.1, 0.15) is 31.2 Å². The van der Waals surface area contributed by atoms with Crippen LogP contribution >= 0.6 is 15.9 Å². The van der Waals surface area contributed by atoms with Crippen LogP contribution in [-0.4, -0.2) is 11.6 Å². The first-order valence-electron chi connectivity index (χ1n) is 5.50. The number of nitrogens with zero attached hydrogens (tertiary/aromatic N) is 1. The molecule has 0 bridgehead atoms. The summed E-state index contributed by atoms with van der Waals surface area (Å²) in [5.41, 5.74) is 1.17. The van der Waals surface area contributed by atoms with Gasteiger partial charge in [0.15, 0.2) is 0 Å². The van der Waals surface area contributed by atoms with Crippen molar-refractivity contribution in [2.45, 2.75) is 32.6 Å². The van der Waals surface area contributed by atoms with E-state index in [0.717, 1.165) is 22.9 Å². The van der Waals surface area contributed by atoms with Crippen LogP contribution < -0.4 is 4.74 Å². The summed E-state index contributed by atoms with van der Waals surface area (Å²) in [6, 6.07) is 1.98. The van der Waals surface area contributed by atoms with Crippen LogP contribution in [0.3, 0.4) is 0 Å². The molecule has 1 aliphatic carbocycles. The molecule has 1 saturated carbocycles. The van der Waals surface area contributed by atoms with E-state index in [2.05, 4.69) is 20.9 Å². The van der Waals surface area contributed by atoms with Gasteiger partial charge in [-0.15, -0.1) is 0 Å². The van der Waals surface area contributed by atoms with Gasteiger partial charge in [-0.2, -0.15) is 0 Å². The number of hydrogen-bond donors (Lipinski definition) is 0. The van der Waals surface area contributed by atoms with E-state index >= 15 is 0 Å². The molecule has 0 radical (unpaired) electrons. The fourth-order valence-corrected chi connectivity index (χ4v) is 1.92. The van der Waals surface area contributed by atoms with E-state index in [-0.39, 0.29) is 0 Å².